The fraction of sp³-hybridized carbons (Fsp3) is 1.00. The minimum absolute atomic E-state index is 0.322. The van der Waals surface area contributed by atoms with Crippen molar-refractivity contribution in [3.05, 3.63) is 0 Å². The fourth-order valence-corrected chi connectivity index (χ4v) is 2.04. The Hall–Kier alpha value is -0.120. The normalized spacial score (nSPS) is 26.5. The number of aliphatic hydroxyl groups excluding tert-OH is 1. The van der Waals surface area contributed by atoms with Crippen LogP contribution in [-0.4, -0.2) is 60.3 Å². The fourth-order valence-electron chi connectivity index (χ4n) is 2.04. The highest BCUT2D eigenvalue weighted by Crippen LogP contribution is 2.08. The maximum absolute atomic E-state index is 8.72. The molecule has 0 aromatic rings. The predicted molar refractivity (Wildman–Crippen MR) is 54.9 cm³/mol. The summed E-state index contributed by atoms with van der Waals surface area (Å²) in [7, 11) is 0. The second-order valence-corrected chi connectivity index (χ2v) is 3.86. The summed E-state index contributed by atoms with van der Waals surface area (Å²) < 4.78 is 0. The van der Waals surface area contributed by atoms with Gasteiger partial charge in [0.2, 0.25) is 0 Å². The van der Waals surface area contributed by atoms with Gasteiger partial charge in [-0.15, -0.1) is 0 Å². The van der Waals surface area contributed by atoms with E-state index in [0.29, 0.717) is 12.6 Å². The molecule has 1 fully saturated rings. The van der Waals surface area contributed by atoms with Gasteiger partial charge in [0.15, 0.2) is 0 Å². The maximum atomic E-state index is 8.72. The zero-order chi connectivity index (χ0) is 9.68. The molecule has 1 rings (SSSR count). The highest BCUT2D eigenvalue weighted by Gasteiger charge is 2.21. The van der Waals surface area contributed by atoms with E-state index in [9.17, 15) is 0 Å². The topological polar surface area (TPSA) is 26.7 Å². The molecule has 0 aliphatic carbocycles. The van der Waals surface area contributed by atoms with Crippen LogP contribution in [0.4, 0.5) is 0 Å². The number of rotatable bonds is 4. The summed E-state index contributed by atoms with van der Waals surface area (Å²) in [4.78, 5) is 4.96. The Labute approximate surface area is 81.3 Å². The molecule has 0 bridgehead atoms. The van der Waals surface area contributed by atoms with Crippen LogP contribution in [0.2, 0.25) is 0 Å². The molecule has 1 N–H and O–H groups in total. The van der Waals surface area contributed by atoms with Gasteiger partial charge in [0.1, 0.15) is 0 Å². The summed E-state index contributed by atoms with van der Waals surface area (Å²) in [5.41, 5.74) is 0. The van der Waals surface area contributed by atoms with Crippen molar-refractivity contribution in [1.29, 1.82) is 0 Å². The molecule has 0 aromatic heterocycles. The molecule has 1 unspecified atom stereocenters. The van der Waals surface area contributed by atoms with E-state index in [1.54, 1.807) is 0 Å². The third-order valence-electron chi connectivity index (χ3n) is 2.89. The highest BCUT2D eigenvalue weighted by atomic mass is 16.3. The Bertz CT molecular complexity index is 141. The molecular formula is C10H22N2O. The molecule has 1 aliphatic rings. The zero-order valence-electron chi connectivity index (χ0n) is 8.87. The second kappa shape index (κ2) is 5.58. The van der Waals surface area contributed by atoms with Crippen molar-refractivity contribution in [3.8, 4) is 0 Å². The van der Waals surface area contributed by atoms with Gasteiger partial charge >= 0.3 is 0 Å². The van der Waals surface area contributed by atoms with Crippen LogP contribution in [0.5, 0.6) is 0 Å². The summed E-state index contributed by atoms with van der Waals surface area (Å²) in [6.07, 6.45) is 0.916. The quantitative estimate of drug-likeness (QED) is 0.688. The van der Waals surface area contributed by atoms with Gasteiger partial charge in [-0.2, -0.15) is 0 Å². The van der Waals surface area contributed by atoms with Crippen LogP contribution in [0.1, 0.15) is 20.3 Å². The van der Waals surface area contributed by atoms with Gasteiger partial charge in [-0.3, -0.25) is 4.90 Å². The molecule has 1 heterocycles. The van der Waals surface area contributed by atoms with Crippen molar-refractivity contribution < 1.29 is 5.11 Å². The molecule has 3 nitrogen and oxygen atoms in total. The predicted octanol–water partition coefficient (Wildman–Crippen LogP) is 0.395. The number of hydrogen-bond acceptors (Lipinski definition) is 3. The SMILES string of the molecule is CCN1CCN(CCCO)CC1C. The molecule has 1 saturated heterocycles. The Morgan fingerprint density at radius 3 is 2.69 bits per heavy atom. The van der Waals surface area contributed by atoms with E-state index in [4.69, 9.17) is 5.11 Å². The summed E-state index contributed by atoms with van der Waals surface area (Å²) in [5, 5.41) is 8.72. The third-order valence-corrected chi connectivity index (χ3v) is 2.89. The smallest absolute Gasteiger partial charge is 0.0443 e. The lowest BCUT2D eigenvalue weighted by atomic mass is 10.2. The molecule has 1 aliphatic heterocycles. The third kappa shape index (κ3) is 3.25. The van der Waals surface area contributed by atoms with E-state index in [2.05, 4.69) is 23.6 Å². The van der Waals surface area contributed by atoms with E-state index in [-0.39, 0.29) is 0 Å². The Morgan fingerprint density at radius 2 is 2.15 bits per heavy atom. The molecule has 0 spiro atoms. The number of nitrogens with zero attached hydrogens (tertiary/aromatic N) is 2. The van der Waals surface area contributed by atoms with E-state index in [0.717, 1.165) is 32.6 Å². The molecule has 0 aromatic carbocycles. The molecular weight excluding hydrogens is 164 g/mol. The Balaban J connectivity index is 2.24. The summed E-state index contributed by atoms with van der Waals surface area (Å²) in [5.74, 6) is 0. The lowest BCUT2D eigenvalue weighted by Gasteiger charge is -2.39. The monoisotopic (exact) mass is 186 g/mol. The van der Waals surface area contributed by atoms with Crippen LogP contribution in [0.25, 0.3) is 0 Å². The van der Waals surface area contributed by atoms with Gasteiger partial charge in [-0.1, -0.05) is 6.92 Å². The number of aliphatic hydroxyl groups is 1. The van der Waals surface area contributed by atoms with Crippen LogP contribution in [-0.2, 0) is 0 Å². The summed E-state index contributed by atoms with van der Waals surface area (Å²) in [6, 6.07) is 0.678. The molecule has 0 radical (unpaired) electrons. The van der Waals surface area contributed by atoms with Crippen molar-refractivity contribution in [3.63, 3.8) is 0 Å². The van der Waals surface area contributed by atoms with Crippen molar-refractivity contribution in [1.82, 2.24) is 9.80 Å². The molecule has 0 saturated carbocycles. The van der Waals surface area contributed by atoms with E-state index < -0.39 is 0 Å². The van der Waals surface area contributed by atoms with Gasteiger partial charge in [-0.05, 0) is 19.9 Å². The first-order valence-electron chi connectivity index (χ1n) is 5.35. The Kier molecular flexibility index (Phi) is 4.70. The maximum Gasteiger partial charge on any atom is 0.0443 e. The lowest BCUT2D eigenvalue weighted by Crippen LogP contribution is -2.51. The van der Waals surface area contributed by atoms with Crippen molar-refractivity contribution in [2.75, 3.05) is 39.3 Å². The molecule has 3 heteroatoms. The van der Waals surface area contributed by atoms with E-state index >= 15 is 0 Å². The van der Waals surface area contributed by atoms with Crippen LogP contribution >= 0.6 is 0 Å². The van der Waals surface area contributed by atoms with Crippen molar-refractivity contribution in [2.45, 2.75) is 26.3 Å². The van der Waals surface area contributed by atoms with Gasteiger partial charge in [0.05, 0.1) is 0 Å². The van der Waals surface area contributed by atoms with Crippen molar-refractivity contribution in [2.24, 2.45) is 0 Å². The first-order valence-corrected chi connectivity index (χ1v) is 5.35. The zero-order valence-corrected chi connectivity index (χ0v) is 8.87. The Morgan fingerprint density at radius 1 is 1.38 bits per heavy atom. The van der Waals surface area contributed by atoms with Gasteiger partial charge in [0, 0.05) is 38.8 Å². The molecule has 1 atom stereocenters. The minimum Gasteiger partial charge on any atom is -0.396 e. The summed E-state index contributed by atoms with van der Waals surface area (Å²) in [6.45, 7) is 10.6. The van der Waals surface area contributed by atoms with Gasteiger partial charge in [0.25, 0.3) is 0 Å². The first kappa shape index (κ1) is 11.0. The average Bonchev–Trinajstić information content (AvgIpc) is 2.15. The van der Waals surface area contributed by atoms with Gasteiger partial charge in [-0.25, -0.2) is 0 Å². The highest BCUT2D eigenvalue weighted by molar-refractivity contribution is 4.77. The van der Waals surface area contributed by atoms with E-state index in [1.165, 1.54) is 6.54 Å². The van der Waals surface area contributed by atoms with Gasteiger partial charge < -0.3 is 10.0 Å². The minimum atomic E-state index is 0.322. The van der Waals surface area contributed by atoms with Crippen LogP contribution in [0.3, 0.4) is 0 Å². The number of piperazine rings is 1. The standard InChI is InChI=1S/C10H22N2O/c1-3-12-7-6-11(5-4-8-13)9-10(12)2/h10,13H,3-9H2,1-2H3. The number of likely N-dealkylation sites (N-methyl/N-ethyl adjacent to an activating group) is 1. The van der Waals surface area contributed by atoms with Crippen molar-refractivity contribution >= 4 is 0 Å². The summed E-state index contributed by atoms with van der Waals surface area (Å²) >= 11 is 0. The first-order chi connectivity index (χ1) is 6.27. The molecule has 0 amide bonds. The van der Waals surface area contributed by atoms with E-state index in [1.807, 2.05) is 0 Å². The second-order valence-electron chi connectivity index (χ2n) is 3.86. The largest absolute Gasteiger partial charge is 0.396 e. The molecule has 13 heavy (non-hydrogen) atoms. The average molecular weight is 186 g/mol. The van der Waals surface area contributed by atoms with Crippen LogP contribution < -0.4 is 0 Å². The molecule has 78 valence electrons. The number of hydrogen-bond donors (Lipinski definition) is 1. The van der Waals surface area contributed by atoms with Crippen LogP contribution in [0, 0.1) is 0 Å². The lowest BCUT2D eigenvalue weighted by molar-refractivity contribution is 0.0833. The van der Waals surface area contributed by atoms with Crippen LogP contribution in [0.15, 0.2) is 0 Å².